The second kappa shape index (κ2) is 7.26. The van der Waals surface area contributed by atoms with Gasteiger partial charge in [0.1, 0.15) is 11.9 Å². The first-order valence-electron chi connectivity index (χ1n) is 8.24. The van der Waals surface area contributed by atoms with Gasteiger partial charge in [0, 0.05) is 26.2 Å². The molecule has 0 spiro atoms. The van der Waals surface area contributed by atoms with Crippen molar-refractivity contribution in [1.29, 1.82) is 0 Å². The molecule has 27 heavy (non-hydrogen) atoms. The molecule has 2 aromatic carbocycles. The molecule has 1 aliphatic rings. The number of hydrogen-bond acceptors (Lipinski definition) is 5. The number of carbonyl (C=O) groups is 1. The summed E-state index contributed by atoms with van der Waals surface area (Å²) in [6.45, 7) is 0.468. The first-order chi connectivity index (χ1) is 12.7. The van der Waals surface area contributed by atoms with E-state index >= 15 is 0 Å². The highest BCUT2D eigenvalue weighted by Crippen LogP contribution is 2.29. The van der Waals surface area contributed by atoms with Crippen LogP contribution in [-0.2, 0) is 14.8 Å². The average molecular weight is 393 g/mol. The van der Waals surface area contributed by atoms with Gasteiger partial charge in [0.2, 0.25) is 10.0 Å². The van der Waals surface area contributed by atoms with Crippen LogP contribution in [0.2, 0.25) is 0 Å². The van der Waals surface area contributed by atoms with Gasteiger partial charge in [0.25, 0.3) is 0 Å². The van der Waals surface area contributed by atoms with Crippen LogP contribution >= 0.6 is 0 Å². The zero-order chi connectivity index (χ0) is 19.8. The molecule has 1 unspecified atom stereocenters. The molecule has 0 bridgehead atoms. The Morgan fingerprint density at radius 1 is 1.22 bits per heavy atom. The Balaban J connectivity index is 1.87. The molecule has 1 fully saturated rings. The highest BCUT2D eigenvalue weighted by Gasteiger charge is 2.31. The summed E-state index contributed by atoms with van der Waals surface area (Å²) in [7, 11) is -0.657. The van der Waals surface area contributed by atoms with Gasteiger partial charge in [0.05, 0.1) is 17.1 Å². The van der Waals surface area contributed by atoms with Gasteiger partial charge < -0.3 is 10.5 Å². The molecule has 0 aromatic heterocycles. The fraction of sp³-hybridized carbons (Fsp3) is 0.278. The van der Waals surface area contributed by atoms with Crippen molar-refractivity contribution in [3.8, 4) is 11.1 Å². The van der Waals surface area contributed by atoms with Crippen LogP contribution in [0.3, 0.4) is 0 Å². The smallest absolute Gasteiger partial charge is 0.414 e. The molecule has 1 heterocycles. The van der Waals surface area contributed by atoms with Crippen molar-refractivity contribution in [2.24, 2.45) is 5.73 Å². The van der Waals surface area contributed by atoms with E-state index in [-0.39, 0.29) is 18.0 Å². The van der Waals surface area contributed by atoms with Crippen molar-refractivity contribution in [2.45, 2.75) is 11.0 Å². The van der Waals surface area contributed by atoms with Gasteiger partial charge in [0.15, 0.2) is 0 Å². The van der Waals surface area contributed by atoms with Crippen LogP contribution in [0.1, 0.15) is 0 Å². The van der Waals surface area contributed by atoms with E-state index in [1.54, 1.807) is 24.3 Å². The Morgan fingerprint density at radius 3 is 2.41 bits per heavy atom. The molecular formula is C18H20FN3O4S. The number of cyclic esters (lactones) is 1. The minimum absolute atomic E-state index is 0.126. The maximum Gasteiger partial charge on any atom is 0.414 e. The summed E-state index contributed by atoms with van der Waals surface area (Å²) in [5.74, 6) is -0.528. The Hall–Kier alpha value is -2.49. The normalized spacial score (nSPS) is 17.4. The minimum atomic E-state index is -3.55. The van der Waals surface area contributed by atoms with E-state index in [2.05, 4.69) is 0 Å². The quantitative estimate of drug-likeness (QED) is 0.839. The van der Waals surface area contributed by atoms with Crippen LogP contribution in [-0.4, -0.2) is 52.1 Å². The summed E-state index contributed by atoms with van der Waals surface area (Å²) in [5, 5.41) is 0. The number of ether oxygens (including phenoxy) is 1. The van der Waals surface area contributed by atoms with Crippen LogP contribution < -0.4 is 10.6 Å². The summed E-state index contributed by atoms with van der Waals surface area (Å²) >= 11 is 0. The fourth-order valence-corrected chi connectivity index (χ4v) is 3.68. The summed E-state index contributed by atoms with van der Waals surface area (Å²) in [6.07, 6.45) is -0.970. The summed E-state index contributed by atoms with van der Waals surface area (Å²) in [5.41, 5.74) is 6.71. The lowest BCUT2D eigenvalue weighted by atomic mass is 10.0. The lowest BCUT2D eigenvalue weighted by Gasteiger charge is -2.15. The minimum Gasteiger partial charge on any atom is -0.443 e. The Bertz CT molecular complexity index is 961. The van der Waals surface area contributed by atoms with E-state index in [0.717, 1.165) is 4.31 Å². The number of benzene rings is 2. The zero-order valence-electron chi connectivity index (χ0n) is 14.9. The molecule has 3 rings (SSSR count). The van der Waals surface area contributed by atoms with Crippen LogP contribution in [0.25, 0.3) is 11.1 Å². The molecule has 1 aliphatic heterocycles. The molecule has 144 valence electrons. The molecule has 0 saturated carbocycles. The fourth-order valence-electron chi connectivity index (χ4n) is 2.78. The zero-order valence-corrected chi connectivity index (χ0v) is 15.7. The predicted molar refractivity (Wildman–Crippen MR) is 99.4 cm³/mol. The van der Waals surface area contributed by atoms with Gasteiger partial charge in [-0.2, -0.15) is 0 Å². The molecular weight excluding hydrogens is 373 g/mol. The third-order valence-corrected chi connectivity index (χ3v) is 6.17. The highest BCUT2D eigenvalue weighted by atomic mass is 32.2. The average Bonchev–Trinajstić information content (AvgIpc) is 3.02. The van der Waals surface area contributed by atoms with Crippen molar-refractivity contribution in [2.75, 3.05) is 32.1 Å². The number of nitrogens with zero attached hydrogens (tertiary/aromatic N) is 2. The van der Waals surface area contributed by atoms with Crippen LogP contribution in [0.5, 0.6) is 0 Å². The number of rotatable bonds is 5. The second-order valence-corrected chi connectivity index (χ2v) is 8.48. The summed E-state index contributed by atoms with van der Waals surface area (Å²) in [4.78, 5) is 13.3. The Labute approximate surface area is 157 Å². The molecule has 1 amide bonds. The number of sulfonamides is 1. The van der Waals surface area contributed by atoms with Crippen molar-refractivity contribution in [3.05, 3.63) is 48.3 Å². The van der Waals surface area contributed by atoms with E-state index in [1.807, 2.05) is 0 Å². The lowest BCUT2D eigenvalue weighted by molar-refractivity contribution is 0.145. The molecule has 2 N–H and O–H groups in total. The van der Waals surface area contributed by atoms with E-state index in [4.69, 9.17) is 10.5 Å². The van der Waals surface area contributed by atoms with Gasteiger partial charge >= 0.3 is 6.09 Å². The van der Waals surface area contributed by atoms with E-state index in [9.17, 15) is 17.6 Å². The van der Waals surface area contributed by atoms with Crippen LogP contribution in [0.15, 0.2) is 47.4 Å². The van der Waals surface area contributed by atoms with Crippen molar-refractivity contribution in [1.82, 2.24) is 4.31 Å². The third kappa shape index (κ3) is 3.66. The van der Waals surface area contributed by atoms with Gasteiger partial charge in [-0.15, -0.1) is 0 Å². The van der Waals surface area contributed by atoms with Crippen LogP contribution in [0.4, 0.5) is 14.9 Å². The standard InChI is InChI=1S/C18H20FN3O4S/c1-21(2)27(24,25)15-6-3-12(4-7-15)16-8-5-13(9-17(16)19)22-11-14(10-20)26-18(22)23/h3-9,14H,10-11,20H2,1-2H3. The number of anilines is 1. The second-order valence-electron chi connectivity index (χ2n) is 6.33. The SMILES string of the molecule is CN(C)S(=O)(=O)c1ccc(-c2ccc(N3CC(CN)OC3=O)cc2F)cc1. The molecule has 7 nitrogen and oxygen atoms in total. The Kier molecular flexibility index (Phi) is 5.18. The van der Waals surface area contributed by atoms with Gasteiger partial charge in [-0.05, 0) is 35.9 Å². The number of halogens is 1. The topological polar surface area (TPSA) is 92.9 Å². The molecule has 1 saturated heterocycles. The maximum atomic E-state index is 14.6. The maximum absolute atomic E-state index is 14.6. The van der Waals surface area contributed by atoms with Gasteiger partial charge in [-0.3, -0.25) is 4.90 Å². The first kappa shape index (κ1) is 19.3. The van der Waals surface area contributed by atoms with Crippen molar-refractivity contribution < 1.29 is 22.3 Å². The third-order valence-electron chi connectivity index (χ3n) is 4.35. The summed E-state index contributed by atoms with van der Waals surface area (Å²) in [6, 6.07) is 10.4. The van der Waals surface area contributed by atoms with Gasteiger partial charge in [-0.25, -0.2) is 21.9 Å². The van der Waals surface area contributed by atoms with E-state index < -0.39 is 28.0 Å². The van der Waals surface area contributed by atoms with Gasteiger partial charge in [-0.1, -0.05) is 12.1 Å². The molecule has 2 aromatic rings. The largest absolute Gasteiger partial charge is 0.443 e. The lowest BCUT2D eigenvalue weighted by Crippen LogP contribution is -2.27. The molecule has 9 heteroatoms. The predicted octanol–water partition coefficient (Wildman–Crippen LogP) is 2.03. The number of nitrogens with two attached hydrogens (primary N) is 1. The monoisotopic (exact) mass is 393 g/mol. The number of amides is 1. The van der Waals surface area contributed by atoms with Crippen molar-refractivity contribution in [3.63, 3.8) is 0 Å². The molecule has 1 atom stereocenters. The summed E-state index contributed by atoms with van der Waals surface area (Å²) < 4.78 is 45.0. The Morgan fingerprint density at radius 2 is 1.89 bits per heavy atom. The van der Waals surface area contributed by atoms with E-state index in [0.29, 0.717) is 16.8 Å². The van der Waals surface area contributed by atoms with Crippen molar-refractivity contribution >= 4 is 21.8 Å². The van der Waals surface area contributed by atoms with E-state index in [1.165, 1.54) is 37.2 Å². The number of hydrogen-bond donors (Lipinski definition) is 1. The number of carbonyl (C=O) groups excluding carboxylic acids is 1. The first-order valence-corrected chi connectivity index (χ1v) is 9.69. The van der Waals surface area contributed by atoms with Crippen LogP contribution in [0, 0.1) is 5.82 Å². The highest BCUT2D eigenvalue weighted by molar-refractivity contribution is 7.89. The molecule has 0 aliphatic carbocycles. The molecule has 0 radical (unpaired) electrons.